The van der Waals surface area contributed by atoms with E-state index >= 15 is 0 Å². The van der Waals surface area contributed by atoms with Crippen LogP contribution in [0, 0.1) is 6.92 Å². The van der Waals surface area contributed by atoms with Gasteiger partial charge in [-0.1, -0.05) is 94.3 Å². The van der Waals surface area contributed by atoms with Crippen molar-refractivity contribution in [2.45, 2.75) is 37.8 Å². The van der Waals surface area contributed by atoms with Crippen molar-refractivity contribution >= 4 is 55.1 Å². The molecule has 0 heterocycles. The molecule has 7 nitrogen and oxygen atoms in total. The maximum atomic E-state index is 14.4. The number of sulfonamides is 1. The summed E-state index contributed by atoms with van der Waals surface area (Å²) in [5.41, 5.74) is 2.66. The molecule has 0 spiro atoms. The summed E-state index contributed by atoms with van der Waals surface area (Å²) in [5.74, 6) is -0.867. The summed E-state index contributed by atoms with van der Waals surface area (Å²) in [5, 5.41) is 3.23. The van der Waals surface area contributed by atoms with Crippen LogP contribution in [0.4, 0.5) is 5.69 Å². The average Bonchev–Trinajstić information content (AvgIpc) is 3.00. The number of rotatable bonds is 12. The van der Waals surface area contributed by atoms with Crippen molar-refractivity contribution in [1.29, 1.82) is 0 Å². The first-order chi connectivity index (χ1) is 20.6. The third kappa shape index (κ3) is 8.25. The van der Waals surface area contributed by atoms with Gasteiger partial charge in [-0.15, -0.1) is 0 Å². The Hall–Kier alpha value is -3.66. The van der Waals surface area contributed by atoms with Crippen LogP contribution in [0.1, 0.15) is 23.6 Å². The molecule has 2 amide bonds. The van der Waals surface area contributed by atoms with Gasteiger partial charge in [-0.25, -0.2) is 8.42 Å². The Bertz CT molecular complexity index is 1670. The fourth-order valence-electron chi connectivity index (χ4n) is 4.66. The number of anilines is 1. The minimum Gasteiger partial charge on any atom is -0.355 e. The highest BCUT2D eigenvalue weighted by Gasteiger charge is 2.34. The lowest BCUT2D eigenvalue weighted by molar-refractivity contribution is -0.140. The van der Waals surface area contributed by atoms with Gasteiger partial charge in [0.25, 0.3) is 10.0 Å². The predicted octanol–water partition coefficient (Wildman–Crippen LogP) is 6.38. The highest BCUT2D eigenvalue weighted by molar-refractivity contribution is 9.10. The lowest BCUT2D eigenvalue weighted by Gasteiger charge is -2.34. The van der Waals surface area contributed by atoms with Crippen LogP contribution in [-0.4, -0.2) is 44.3 Å². The zero-order chi connectivity index (χ0) is 31.0. The molecule has 4 rings (SSSR count). The van der Waals surface area contributed by atoms with Gasteiger partial charge >= 0.3 is 0 Å². The Morgan fingerprint density at radius 3 is 2.16 bits per heavy atom. The summed E-state index contributed by atoms with van der Waals surface area (Å²) in [6.07, 6.45) is 0.244. The molecule has 0 radical (unpaired) electrons. The van der Waals surface area contributed by atoms with Gasteiger partial charge in [0.15, 0.2) is 0 Å². The maximum absolute atomic E-state index is 14.4. The number of hydrogen-bond donors (Lipinski definition) is 1. The van der Waals surface area contributed by atoms with Crippen molar-refractivity contribution in [3.63, 3.8) is 0 Å². The Balaban J connectivity index is 1.81. The SMILES string of the molecule is CCNC(=O)C(Cc1ccccc1)N(Cc1cccc(Br)c1)C(=O)CN(c1ccc(C)c(Cl)c1)S(=O)(=O)c1ccccc1. The molecule has 0 bridgehead atoms. The Kier molecular flexibility index (Phi) is 11.0. The van der Waals surface area contributed by atoms with E-state index in [-0.39, 0.29) is 29.5 Å². The summed E-state index contributed by atoms with van der Waals surface area (Å²) < 4.78 is 29.9. The number of nitrogens with zero attached hydrogens (tertiary/aromatic N) is 2. The Morgan fingerprint density at radius 1 is 0.884 bits per heavy atom. The summed E-state index contributed by atoms with van der Waals surface area (Å²) in [6, 6.07) is 28.8. The van der Waals surface area contributed by atoms with E-state index in [1.54, 1.807) is 30.3 Å². The van der Waals surface area contributed by atoms with E-state index in [0.29, 0.717) is 11.6 Å². The van der Waals surface area contributed by atoms with Crippen molar-refractivity contribution in [3.05, 3.63) is 129 Å². The van der Waals surface area contributed by atoms with Gasteiger partial charge in [0.2, 0.25) is 11.8 Å². The number of aryl methyl sites for hydroxylation is 1. The van der Waals surface area contributed by atoms with Gasteiger partial charge in [0.05, 0.1) is 10.6 Å². The van der Waals surface area contributed by atoms with Crippen LogP contribution in [0.3, 0.4) is 0 Å². The van der Waals surface area contributed by atoms with Crippen molar-refractivity contribution in [2.75, 3.05) is 17.4 Å². The number of amides is 2. The Morgan fingerprint density at radius 2 is 1.53 bits per heavy atom. The minimum absolute atomic E-state index is 0.0302. The minimum atomic E-state index is -4.19. The molecule has 1 atom stereocenters. The highest BCUT2D eigenvalue weighted by Crippen LogP contribution is 2.29. The molecule has 4 aromatic rings. The van der Waals surface area contributed by atoms with Crippen LogP contribution in [0.2, 0.25) is 5.02 Å². The van der Waals surface area contributed by atoms with Gasteiger partial charge in [0.1, 0.15) is 12.6 Å². The standard InChI is InChI=1S/C33H33BrClN3O4S/c1-3-36-33(40)31(20-25-11-6-4-7-12-25)37(22-26-13-10-14-27(34)19-26)32(39)23-38(28-18-17-24(2)30(35)21-28)43(41,42)29-15-8-5-9-16-29/h4-19,21,31H,3,20,22-23H2,1-2H3,(H,36,40). The highest BCUT2D eigenvalue weighted by atomic mass is 79.9. The summed E-state index contributed by atoms with van der Waals surface area (Å²) in [6.45, 7) is 3.54. The van der Waals surface area contributed by atoms with Crippen molar-refractivity contribution < 1.29 is 18.0 Å². The van der Waals surface area contributed by atoms with Crippen LogP contribution in [0.15, 0.2) is 112 Å². The smallest absolute Gasteiger partial charge is 0.264 e. The van der Waals surface area contributed by atoms with Gasteiger partial charge < -0.3 is 10.2 Å². The van der Waals surface area contributed by atoms with Crippen LogP contribution >= 0.6 is 27.5 Å². The summed E-state index contributed by atoms with van der Waals surface area (Å²) in [4.78, 5) is 29.4. The lowest BCUT2D eigenvalue weighted by atomic mass is 10.0. The maximum Gasteiger partial charge on any atom is 0.264 e. The molecule has 10 heteroatoms. The lowest BCUT2D eigenvalue weighted by Crippen LogP contribution is -2.53. The van der Waals surface area contributed by atoms with Crippen molar-refractivity contribution in [2.24, 2.45) is 0 Å². The van der Waals surface area contributed by atoms with E-state index < -0.39 is 28.5 Å². The summed E-state index contributed by atoms with van der Waals surface area (Å²) >= 11 is 9.90. The number of hydrogen-bond acceptors (Lipinski definition) is 4. The molecule has 4 aromatic carbocycles. The molecule has 0 aliphatic carbocycles. The number of carbonyl (C=O) groups excluding carboxylic acids is 2. The number of likely N-dealkylation sites (N-methyl/N-ethyl adjacent to an activating group) is 1. The van der Waals surface area contributed by atoms with Crippen LogP contribution < -0.4 is 9.62 Å². The summed E-state index contributed by atoms with van der Waals surface area (Å²) in [7, 11) is -4.19. The normalized spacial score (nSPS) is 11.9. The molecule has 1 unspecified atom stereocenters. The third-order valence-corrected chi connectivity index (χ3v) is 9.61. The van der Waals surface area contributed by atoms with Crippen LogP contribution in [0.5, 0.6) is 0 Å². The van der Waals surface area contributed by atoms with E-state index in [0.717, 1.165) is 25.5 Å². The largest absolute Gasteiger partial charge is 0.355 e. The van der Waals surface area contributed by atoms with Crippen molar-refractivity contribution in [3.8, 4) is 0 Å². The van der Waals surface area contributed by atoms with E-state index in [9.17, 15) is 18.0 Å². The molecular formula is C33H33BrClN3O4S. The third-order valence-electron chi connectivity index (χ3n) is 6.92. The molecule has 224 valence electrons. The Labute approximate surface area is 266 Å². The second kappa shape index (κ2) is 14.7. The molecule has 0 saturated heterocycles. The molecule has 1 N–H and O–H groups in total. The molecule has 43 heavy (non-hydrogen) atoms. The molecule has 0 saturated carbocycles. The van der Waals surface area contributed by atoms with Crippen molar-refractivity contribution in [1.82, 2.24) is 10.2 Å². The molecule has 0 aromatic heterocycles. The van der Waals surface area contributed by atoms with Crippen LogP contribution in [0.25, 0.3) is 0 Å². The van der Waals surface area contributed by atoms with E-state index in [2.05, 4.69) is 21.2 Å². The first-order valence-corrected chi connectivity index (χ1v) is 16.4. The molecular weight excluding hydrogens is 650 g/mol. The molecule has 0 aliphatic heterocycles. The first kappa shape index (κ1) is 32.3. The monoisotopic (exact) mass is 681 g/mol. The topological polar surface area (TPSA) is 86.8 Å². The zero-order valence-electron chi connectivity index (χ0n) is 23.9. The fourth-order valence-corrected chi connectivity index (χ4v) is 6.71. The van der Waals surface area contributed by atoms with Gasteiger partial charge in [0, 0.05) is 29.0 Å². The second-order valence-electron chi connectivity index (χ2n) is 10.0. The molecule has 0 aliphatic rings. The van der Waals surface area contributed by atoms with Crippen LogP contribution in [-0.2, 0) is 32.6 Å². The first-order valence-electron chi connectivity index (χ1n) is 13.8. The van der Waals surface area contributed by atoms with Gasteiger partial charge in [-0.05, 0) is 66.9 Å². The second-order valence-corrected chi connectivity index (χ2v) is 13.2. The predicted molar refractivity (Wildman–Crippen MR) is 174 cm³/mol. The average molecular weight is 683 g/mol. The number of benzene rings is 4. The number of halogens is 2. The van der Waals surface area contributed by atoms with Gasteiger partial charge in [-0.3, -0.25) is 13.9 Å². The fraction of sp³-hybridized carbons (Fsp3) is 0.212. The van der Waals surface area contributed by atoms with E-state index in [1.807, 2.05) is 68.4 Å². The molecule has 0 fully saturated rings. The quantitative estimate of drug-likeness (QED) is 0.188. The zero-order valence-corrected chi connectivity index (χ0v) is 27.1. The van der Waals surface area contributed by atoms with E-state index in [1.165, 1.54) is 23.1 Å². The number of carbonyl (C=O) groups is 2. The van der Waals surface area contributed by atoms with E-state index in [4.69, 9.17) is 11.6 Å². The number of nitrogens with one attached hydrogen (secondary N) is 1. The van der Waals surface area contributed by atoms with Gasteiger partial charge in [-0.2, -0.15) is 0 Å².